The van der Waals surface area contributed by atoms with Gasteiger partial charge in [-0.2, -0.15) is 5.84 Å². The highest BCUT2D eigenvalue weighted by Crippen LogP contribution is 2.11. The van der Waals surface area contributed by atoms with Crippen LogP contribution in [0.5, 0.6) is 5.75 Å². The van der Waals surface area contributed by atoms with E-state index in [9.17, 15) is 4.79 Å². The Morgan fingerprint density at radius 1 is 1.47 bits per heavy atom. The molecular formula is C9H13ClN2O3. The molecule has 0 fully saturated rings. The second kappa shape index (κ2) is 6.23. The SMILES string of the molecule is COc1ccc([NH+](N)CC(=O)O)cc1.[Cl-]. The summed E-state index contributed by atoms with van der Waals surface area (Å²) in [7, 11) is 1.57. The average molecular weight is 233 g/mol. The van der Waals surface area contributed by atoms with Crippen LogP contribution in [0.1, 0.15) is 0 Å². The highest BCUT2D eigenvalue weighted by Gasteiger charge is 2.11. The number of aliphatic carboxylic acids is 1. The van der Waals surface area contributed by atoms with Gasteiger partial charge in [-0.3, -0.25) is 0 Å². The fourth-order valence-corrected chi connectivity index (χ4v) is 1.07. The summed E-state index contributed by atoms with van der Waals surface area (Å²) in [6, 6.07) is 6.95. The van der Waals surface area contributed by atoms with Gasteiger partial charge in [-0.25, -0.2) is 9.80 Å². The maximum absolute atomic E-state index is 10.4. The zero-order chi connectivity index (χ0) is 10.6. The molecule has 15 heavy (non-hydrogen) atoms. The van der Waals surface area contributed by atoms with Crippen molar-refractivity contribution in [3.63, 3.8) is 0 Å². The topological polar surface area (TPSA) is 77.0 Å². The van der Waals surface area contributed by atoms with E-state index in [1.807, 2.05) is 0 Å². The van der Waals surface area contributed by atoms with Gasteiger partial charge in [-0.1, -0.05) is 0 Å². The number of nitrogens with one attached hydrogen (secondary N) is 1. The molecule has 0 aliphatic carbocycles. The normalized spacial score (nSPS) is 11.3. The number of nitrogen functional groups attached to an aromatic ring is 1. The number of quaternary nitrogens is 1. The lowest BCUT2D eigenvalue weighted by molar-refractivity contribution is -0.837. The molecule has 0 bridgehead atoms. The number of hydrogen-bond donors (Lipinski definition) is 3. The van der Waals surface area contributed by atoms with Crippen LogP contribution in [0.3, 0.4) is 0 Å². The highest BCUT2D eigenvalue weighted by molar-refractivity contribution is 5.67. The van der Waals surface area contributed by atoms with Gasteiger partial charge in [-0.05, 0) is 12.1 Å². The Hall–Kier alpha value is -1.30. The molecule has 6 heteroatoms. The maximum Gasteiger partial charge on any atom is 0.361 e. The molecule has 0 aliphatic rings. The Morgan fingerprint density at radius 2 is 2.00 bits per heavy atom. The summed E-state index contributed by atoms with van der Waals surface area (Å²) in [4.78, 5) is 10.4. The third-order valence-electron chi connectivity index (χ3n) is 1.80. The van der Waals surface area contributed by atoms with Crippen molar-refractivity contribution in [2.24, 2.45) is 5.84 Å². The van der Waals surface area contributed by atoms with Crippen LogP contribution >= 0.6 is 0 Å². The molecule has 0 aromatic heterocycles. The molecule has 1 atom stereocenters. The van der Waals surface area contributed by atoms with E-state index in [0.717, 1.165) is 5.75 Å². The quantitative estimate of drug-likeness (QED) is 0.367. The summed E-state index contributed by atoms with van der Waals surface area (Å²) >= 11 is 0. The molecule has 4 N–H and O–H groups in total. The summed E-state index contributed by atoms with van der Waals surface area (Å²) in [6.45, 7) is -0.146. The van der Waals surface area contributed by atoms with Crippen molar-refractivity contribution < 1.29 is 32.1 Å². The van der Waals surface area contributed by atoms with Crippen LogP contribution in [0.25, 0.3) is 0 Å². The van der Waals surface area contributed by atoms with Crippen molar-refractivity contribution >= 4 is 11.7 Å². The van der Waals surface area contributed by atoms with Crippen LogP contribution in [0, 0.1) is 0 Å². The number of ether oxygens (including phenoxy) is 1. The smallest absolute Gasteiger partial charge is 0.361 e. The van der Waals surface area contributed by atoms with Gasteiger partial charge in [0.2, 0.25) is 0 Å². The predicted molar refractivity (Wildman–Crippen MR) is 50.3 cm³/mol. The highest BCUT2D eigenvalue weighted by atomic mass is 35.5. The number of carboxylic acids is 1. The fraction of sp³-hybridized carbons (Fsp3) is 0.222. The van der Waals surface area contributed by atoms with E-state index < -0.39 is 5.97 Å². The average Bonchev–Trinajstić information content (AvgIpc) is 2.17. The minimum Gasteiger partial charge on any atom is -1.00 e. The molecule has 0 spiro atoms. The maximum atomic E-state index is 10.4. The van der Waals surface area contributed by atoms with Crippen LogP contribution in [-0.4, -0.2) is 24.7 Å². The molecule has 1 aromatic carbocycles. The molecule has 0 saturated carbocycles. The lowest BCUT2D eigenvalue weighted by atomic mass is 10.3. The summed E-state index contributed by atoms with van der Waals surface area (Å²) in [5.74, 6) is 5.37. The number of halogens is 1. The summed E-state index contributed by atoms with van der Waals surface area (Å²) in [6.07, 6.45) is 0. The third kappa shape index (κ3) is 4.16. The molecule has 84 valence electrons. The van der Waals surface area contributed by atoms with Gasteiger partial charge in [0, 0.05) is 12.1 Å². The second-order valence-corrected chi connectivity index (χ2v) is 2.82. The van der Waals surface area contributed by atoms with E-state index >= 15 is 0 Å². The van der Waals surface area contributed by atoms with Crippen molar-refractivity contribution in [2.45, 2.75) is 0 Å². The number of methoxy groups -OCH3 is 1. The summed E-state index contributed by atoms with van der Waals surface area (Å²) in [5.41, 5.74) is 0.716. The summed E-state index contributed by atoms with van der Waals surface area (Å²) in [5, 5.41) is 8.87. The molecule has 1 aromatic rings. The van der Waals surface area contributed by atoms with Crippen molar-refractivity contribution in [3.05, 3.63) is 24.3 Å². The minimum atomic E-state index is -0.932. The molecule has 0 saturated heterocycles. The van der Waals surface area contributed by atoms with E-state index in [0.29, 0.717) is 10.7 Å². The molecule has 1 unspecified atom stereocenters. The molecular weight excluding hydrogens is 220 g/mol. The van der Waals surface area contributed by atoms with Gasteiger partial charge >= 0.3 is 5.97 Å². The van der Waals surface area contributed by atoms with Gasteiger partial charge in [-0.15, -0.1) is 0 Å². The number of hydrogen-bond acceptors (Lipinski definition) is 3. The number of carbonyl (C=O) groups is 1. The molecule has 1 rings (SSSR count). The van der Waals surface area contributed by atoms with Gasteiger partial charge < -0.3 is 22.3 Å². The van der Waals surface area contributed by atoms with E-state index in [2.05, 4.69) is 0 Å². The Bertz CT molecular complexity index is 316. The molecule has 0 aliphatic heterocycles. The van der Waals surface area contributed by atoms with Crippen LogP contribution < -0.4 is 28.0 Å². The van der Waals surface area contributed by atoms with Crippen LogP contribution in [-0.2, 0) is 4.79 Å². The van der Waals surface area contributed by atoms with Crippen LogP contribution in [0.4, 0.5) is 5.69 Å². The van der Waals surface area contributed by atoms with Gasteiger partial charge in [0.1, 0.15) is 5.75 Å². The first kappa shape index (κ1) is 13.7. The standard InChI is InChI=1S/C9H12N2O3.ClH/c1-14-8-4-2-7(3-5-8)11(10)6-9(12)13;/h2-5H,6,10H2,1H3,(H,12,13);1H. The molecule has 5 nitrogen and oxygen atoms in total. The van der Waals surface area contributed by atoms with Crippen molar-refractivity contribution in [3.8, 4) is 5.75 Å². The van der Waals surface area contributed by atoms with Gasteiger partial charge in [0.05, 0.1) is 7.11 Å². The summed E-state index contributed by atoms with van der Waals surface area (Å²) < 4.78 is 4.96. The number of rotatable bonds is 4. The van der Waals surface area contributed by atoms with E-state index in [-0.39, 0.29) is 19.0 Å². The van der Waals surface area contributed by atoms with Crippen molar-refractivity contribution in [2.75, 3.05) is 13.7 Å². The van der Waals surface area contributed by atoms with Crippen LogP contribution in [0.15, 0.2) is 24.3 Å². The molecule has 0 heterocycles. The fourth-order valence-electron chi connectivity index (χ4n) is 1.07. The van der Waals surface area contributed by atoms with E-state index in [1.54, 1.807) is 31.4 Å². The first-order chi connectivity index (χ1) is 6.63. The largest absolute Gasteiger partial charge is 1.00 e. The van der Waals surface area contributed by atoms with E-state index in [1.165, 1.54) is 0 Å². The number of benzene rings is 1. The predicted octanol–water partition coefficient (Wildman–Crippen LogP) is -3.83. The molecule has 0 radical (unpaired) electrons. The van der Waals surface area contributed by atoms with Gasteiger partial charge in [0.15, 0.2) is 12.2 Å². The van der Waals surface area contributed by atoms with E-state index in [4.69, 9.17) is 15.7 Å². The number of nitrogens with two attached hydrogens (primary N) is 1. The molecule has 0 amide bonds. The van der Waals surface area contributed by atoms with Crippen molar-refractivity contribution in [1.29, 1.82) is 0 Å². The van der Waals surface area contributed by atoms with Crippen molar-refractivity contribution in [1.82, 2.24) is 0 Å². The Labute approximate surface area is 93.8 Å². The second-order valence-electron chi connectivity index (χ2n) is 2.82. The van der Waals surface area contributed by atoms with Crippen LogP contribution in [0.2, 0.25) is 0 Å². The van der Waals surface area contributed by atoms with Gasteiger partial charge in [0.25, 0.3) is 0 Å². The minimum absolute atomic E-state index is 0. The lowest BCUT2D eigenvalue weighted by Crippen LogP contribution is -3.14. The first-order valence-corrected chi connectivity index (χ1v) is 4.11. The Balaban J connectivity index is 0.00000196. The first-order valence-electron chi connectivity index (χ1n) is 4.11. The number of carboxylic acid groups (broad SMARTS) is 1. The zero-order valence-electron chi connectivity index (χ0n) is 8.24. The zero-order valence-corrected chi connectivity index (χ0v) is 8.99. The Morgan fingerprint density at radius 3 is 2.40 bits per heavy atom. The third-order valence-corrected chi connectivity index (χ3v) is 1.80. The lowest BCUT2D eigenvalue weighted by Gasteiger charge is -2.09. The Kier molecular flexibility index (Phi) is 5.69. The monoisotopic (exact) mass is 232 g/mol.